The Morgan fingerprint density at radius 3 is 2.32 bits per heavy atom. The second-order valence-corrected chi connectivity index (χ2v) is 8.91. The number of rotatable bonds is 1. The van der Waals surface area contributed by atoms with Crippen molar-refractivity contribution in [2.75, 3.05) is 4.81 Å². The standard InChI is InChI=1S/C30H18BNO2/c1-4-13-25-21(8-1)22-9-2-5-14-26(22)32-27-18-19(16-17-29(27)34-31(25)32)20-11-7-12-24-23-10-3-6-15-28(23)33-30(20)24/h1-18H. The van der Waals surface area contributed by atoms with Gasteiger partial charge in [-0.3, -0.25) is 0 Å². The van der Waals surface area contributed by atoms with Gasteiger partial charge in [0.25, 0.3) is 0 Å². The number of para-hydroxylation sites is 3. The van der Waals surface area contributed by atoms with Gasteiger partial charge in [0.05, 0.1) is 5.69 Å². The van der Waals surface area contributed by atoms with Crippen LogP contribution in [-0.4, -0.2) is 7.05 Å². The summed E-state index contributed by atoms with van der Waals surface area (Å²) in [4.78, 5) is 2.33. The van der Waals surface area contributed by atoms with Gasteiger partial charge in [-0.25, -0.2) is 0 Å². The molecule has 3 heterocycles. The molecule has 8 rings (SSSR count). The Morgan fingerprint density at radius 1 is 0.588 bits per heavy atom. The van der Waals surface area contributed by atoms with Crippen molar-refractivity contribution in [3.05, 3.63) is 109 Å². The molecule has 5 aromatic carbocycles. The van der Waals surface area contributed by atoms with Gasteiger partial charge in [0.2, 0.25) is 0 Å². The Kier molecular flexibility index (Phi) is 3.48. The fraction of sp³-hybridized carbons (Fsp3) is 0. The molecule has 158 valence electrons. The van der Waals surface area contributed by atoms with E-state index >= 15 is 0 Å². The van der Waals surface area contributed by atoms with E-state index in [0.29, 0.717) is 0 Å². The fourth-order valence-electron chi connectivity index (χ4n) is 5.57. The zero-order valence-electron chi connectivity index (χ0n) is 18.2. The quantitative estimate of drug-likeness (QED) is 0.256. The summed E-state index contributed by atoms with van der Waals surface area (Å²) < 4.78 is 12.8. The predicted octanol–water partition coefficient (Wildman–Crippen LogP) is 7.16. The summed E-state index contributed by atoms with van der Waals surface area (Å²) in [6.07, 6.45) is 0. The van der Waals surface area contributed by atoms with E-state index in [1.807, 2.05) is 12.1 Å². The third kappa shape index (κ3) is 2.32. The molecular weight excluding hydrogens is 417 g/mol. The van der Waals surface area contributed by atoms with Crippen molar-refractivity contribution >= 4 is 45.8 Å². The molecule has 34 heavy (non-hydrogen) atoms. The molecule has 0 aliphatic carbocycles. The Bertz CT molecular complexity index is 1770. The molecule has 2 aliphatic heterocycles. The van der Waals surface area contributed by atoms with Gasteiger partial charge in [0.15, 0.2) is 0 Å². The van der Waals surface area contributed by atoms with Gasteiger partial charge in [0.1, 0.15) is 16.9 Å². The van der Waals surface area contributed by atoms with E-state index in [4.69, 9.17) is 9.07 Å². The van der Waals surface area contributed by atoms with Crippen LogP contribution in [-0.2, 0) is 0 Å². The molecule has 1 aromatic heterocycles. The van der Waals surface area contributed by atoms with Gasteiger partial charge in [-0.05, 0) is 40.9 Å². The van der Waals surface area contributed by atoms with Crippen LogP contribution in [0.3, 0.4) is 0 Å². The van der Waals surface area contributed by atoms with Crippen LogP contribution in [0, 0.1) is 0 Å². The molecule has 0 bridgehead atoms. The van der Waals surface area contributed by atoms with Crippen LogP contribution in [0.25, 0.3) is 44.2 Å². The van der Waals surface area contributed by atoms with Gasteiger partial charge in [-0.15, -0.1) is 0 Å². The SMILES string of the molecule is c1ccc2c(c1)B1Oc3ccc(-c4cccc5c4oc4ccccc45)cc3N1c1ccccc1-2. The first-order chi connectivity index (χ1) is 16.9. The average molecular weight is 435 g/mol. The lowest BCUT2D eigenvalue weighted by atomic mass is 9.65. The normalized spacial score (nSPS) is 13.4. The second kappa shape index (κ2) is 6.55. The van der Waals surface area contributed by atoms with Crippen molar-refractivity contribution in [3.63, 3.8) is 0 Å². The van der Waals surface area contributed by atoms with E-state index < -0.39 is 0 Å². The van der Waals surface area contributed by atoms with Crippen molar-refractivity contribution in [3.8, 4) is 28.0 Å². The molecule has 0 N–H and O–H groups in total. The lowest BCUT2D eigenvalue weighted by molar-refractivity contribution is 0.603. The number of anilines is 2. The van der Waals surface area contributed by atoms with Gasteiger partial charge >= 0.3 is 7.05 Å². The lowest BCUT2D eigenvalue weighted by Crippen LogP contribution is -2.50. The van der Waals surface area contributed by atoms with Crippen molar-refractivity contribution in [2.45, 2.75) is 0 Å². The zero-order valence-corrected chi connectivity index (χ0v) is 18.2. The van der Waals surface area contributed by atoms with Gasteiger partial charge in [-0.2, -0.15) is 0 Å². The molecular formula is C30H18BNO2. The highest BCUT2D eigenvalue weighted by atomic mass is 16.5. The van der Waals surface area contributed by atoms with Crippen LogP contribution >= 0.6 is 0 Å². The Hall–Kier alpha value is -4.44. The minimum atomic E-state index is -0.168. The predicted molar refractivity (Wildman–Crippen MR) is 139 cm³/mol. The molecule has 0 atom stereocenters. The number of furan rings is 1. The molecule has 0 fully saturated rings. The van der Waals surface area contributed by atoms with Crippen LogP contribution in [0.1, 0.15) is 0 Å². The number of hydrogen-bond donors (Lipinski definition) is 0. The first kappa shape index (κ1) is 18.0. The van der Waals surface area contributed by atoms with E-state index in [9.17, 15) is 0 Å². The van der Waals surface area contributed by atoms with Crippen molar-refractivity contribution in [1.82, 2.24) is 0 Å². The minimum Gasteiger partial charge on any atom is -0.536 e. The summed E-state index contributed by atoms with van der Waals surface area (Å²) in [6.45, 7) is 0. The molecule has 4 heteroatoms. The van der Waals surface area contributed by atoms with E-state index in [-0.39, 0.29) is 7.05 Å². The van der Waals surface area contributed by atoms with E-state index in [1.54, 1.807) is 0 Å². The van der Waals surface area contributed by atoms with E-state index in [2.05, 4.69) is 102 Å². The summed E-state index contributed by atoms with van der Waals surface area (Å²) in [6, 6.07) is 38.2. The molecule has 6 aromatic rings. The first-order valence-electron chi connectivity index (χ1n) is 11.6. The third-order valence-corrected chi connectivity index (χ3v) is 7.09. The maximum atomic E-state index is 6.52. The Balaban J connectivity index is 1.34. The number of hydrogen-bond acceptors (Lipinski definition) is 3. The monoisotopic (exact) mass is 435 g/mol. The maximum Gasteiger partial charge on any atom is 0.524 e. The number of benzene rings is 5. The van der Waals surface area contributed by atoms with Crippen molar-refractivity contribution < 1.29 is 9.07 Å². The highest BCUT2D eigenvalue weighted by molar-refractivity contribution is 6.77. The van der Waals surface area contributed by atoms with Gasteiger partial charge in [0, 0.05) is 27.6 Å². The Labute approximate surface area is 197 Å². The lowest BCUT2D eigenvalue weighted by Gasteiger charge is -2.31. The minimum absolute atomic E-state index is 0.168. The fourth-order valence-corrected chi connectivity index (χ4v) is 5.57. The third-order valence-electron chi connectivity index (χ3n) is 7.09. The summed E-state index contributed by atoms with van der Waals surface area (Å²) in [5.74, 6) is 0.900. The molecule has 2 aliphatic rings. The van der Waals surface area contributed by atoms with Crippen LogP contribution in [0.2, 0.25) is 0 Å². The maximum absolute atomic E-state index is 6.52. The molecule has 0 amide bonds. The Morgan fingerprint density at radius 2 is 1.35 bits per heavy atom. The zero-order chi connectivity index (χ0) is 22.2. The number of nitrogens with zero attached hydrogens (tertiary/aromatic N) is 1. The summed E-state index contributed by atoms with van der Waals surface area (Å²) in [7, 11) is -0.168. The summed E-state index contributed by atoms with van der Waals surface area (Å²) >= 11 is 0. The molecule has 3 nitrogen and oxygen atoms in total. The van der Waals surface area contributed by atoms with E-state index in [1.165, 1.54) is 22.3 Å². The van der Waals surface area contributed by atoms with Crippen LogP contribution in [0.15, 0.2) is 114 Å². The number of fused-ring (bicyclic) bond motifs is 11. The average Bonchev–Trinajstić information content (AvgIpc) is 3.47. The molecule has 0 saturated carbocycles. The summed E-state index contributed by atoms with van der Waals surface area (Å²) in [5, 5.41) is 2.28. The molecule has 0 spiro atoms. The summed E-state index contributed by atoms with van der Waals surface area (Å²) in [5.41, 5.74) is 9.95. The highest BCUT2D eigenvalue weighted by Crippen LogP contribution is 2.48. The second-order valence-electron chi connectivity index (χ2n) is 8.91. The molecule has 0 unspecified atom stereocenters. The first-order valence-corrected chi connectivity index (χ1v) is 11.6. The van der Waals surface area contributed by atoms with Crippen LogP contribution < -0.4 is 14.9 Å². The van der Waals surface area contributed by atoms with Crippen molar-refractivity contribution in [1.29, 1.82) is 0 Å². The highest BCUT2D eigenvalue weighted by Gasteiger charge is 2.44. The van der Waals surface area contributed by atoms with E-state index in [0.717, 1.165) is 44.5 Å². The van der Waals surface area contributed by atoms with Crippen LogP contribution in [0.5, 0.6) is 5.75 Å². The van der Waals surface area contributed by atoms with Crippen LogP contribution in [0.4, 0.5) is 11.4 Å². The molecule has 0 radical (unpaired) electrons. The molecule has 0 saturated heterocycles. The largest absolute Gasteiger partial charge is 0.536 e. The van der Waals surface area contributed by atoms with Gasteiger partial charge < -0.3 is 13.9 Å². The smallest absolute Gasteiger partial charge is 0.524 e. The van der Waals surface area contributed by atoms with Gasteiger partial charge in [-0.1, -0.05) is 84.9 Å². The topological polar surface area (TPSA) is 25.6 Å². The van der Waals surface area contributed by atoms with Crippen molar-refractivity contribution in [2.24, 2.45) is 0 Å².